The fraction of sp³-hybridized carbons (Fsp3) is 0.200. The van der Waals surface area contributed by atoms with Crippen molar-refractivity contribution in [1.29, 1.82) is 0 Å². The number of aromatic amines is 1. The van der Waals surface area contributed by atoms with Gasteiger partial charge in [0.1, 0.15) is 0 Å². The Hall–Kier alpha value is -1.52. The van der Waals surface area contributed by atoms with Crippen LogP contribution < -0.4 is 11.0 Å². The Balaban J connectivity index is 3.05. The first-order chi connectivity index (χ1) is 4.75. The number of hydrogen-bond acceptors (Lipinski definition) is 2. The van der Waals surface area contributed by atoms with E-state index in [9.17, 15) is 9.59 Å². The predicted molar refractivity (Wildman–Crippen MR) is 34.9 cm³/mol. The number of imidazole rings is 1. The van der Waals surface area contributed by atoms with Crippen molar-refractivity contribution in [2.45, 2.75) is 0 Å². The first-order valence-corrected chi connectivity index (χ1v) is 2.74. The molecular weight excluding hydrogens is 134 g/mol. The van der Waals surface area contributed by atoms with Gasteiger partial charge in [0.15, 0.2) is 0 Å². The van der Waals surface area contributed by atoms with E-state index in [4.69, 9.17) is 0 Å². The number of nitrogens with zero attached hydrogens (tertiary/aromatic N) is 1. The topological polar surface area (TPSA) is 66.9 Å². The van der Waals surface area contributed by atoms with E-state index in [0.717, 1.165) is 4.57 Å². The molecule has 0 saturated carbocycles. The van der Waals surface area contributed by atoms with Gasteiger partial charge >= 0.3 is 11.7 Å². The molecule has 5 nitrogen and oxygen atoms in total. The maximum atomic E-state index is 10.7. The maximum Gasteiger partial charge on any atom is 0.333 e. The molecular formula is C5H7N3O2. The molecule has 0 saturated heterocycles. The largest absolute Gasteiger partial charge is 0.340 e. The van der Waals surface area contributed by atoms with Crippen molar-refractivity contribution in [3.05, 3.63) is 22.9 Å². The monoisotopic (exact) mass is 141 g/mol. The van der Waals surface area contributed by atoms with E-state index in [1.54, 1.807) is 0 Å². The molecule has 1 rings (SSSR count). The summed E-state index contributed by atoms with van der Waals surface area (Å²) in [6.45, 7) is 0. The first kappa shape index (κ1) is 6.60. The Labute approximate surface area is 56.7 Å². The molecule has 0 aliphatic carbocycles. The van der Waals surface area contributed by atoms with Crippen LogP contribution in [-0.4, -0.2) is 22.6 Å². The fourth-order valence-electron chi connectivity index (χ4n) is 0.601. The lowest BCUT2D eigenvalue weighted by atomic mass is 10.8. The predicted octanol–water partition coefficient (Wildman–Crippen LogP) is -0.636. The Kier molecular flexibility index (Phi) is 1.57. The molecule has 1 amide bonds. The van der Waals surface area contributed by atoms with Gasteiger partial charge in [-0.25, -0.2) is 14.2 Å². The van der Waals surface area contributed by atoms with Crippen LogP contribution >= 0.6 is 0 Å². The third-order valence-corrected chi connectivity index (χ3v) is 1.08. The highest BCUT2D eigenvalue weighted by Gasteiger charge is 2.01. The van der Waals surface area contributed by atoms with E-state index in [1.165, 1.54) is 19.4 Å². The molecule has 1 aromatic rings. The number of amides is 1. The smallest absolute Gasteiger partial charge is 0.333 e. The molecule has 2 N–H and O–H groups in total. The van der Waals surface area contributed by atoms with Crippen molar-refractivity contribution in [2.75, 3.05) is 7.05 Å². The van der Waals surface area contributed by atoms with E-state index in [-0.39, 0.29) is 0 Å². The Morgan fingerprint density at radius 3 is 2.90 bits per heavy atom. The van der Waals surface area contributed by atoms with Gasteiger partial charge in [-0.05, 0) is 0 Å². The number of nitrogens with one attached hydrogen (secondary N) is 2. The second kappa shape index (κ2) is 2.38. The minimum atomic E-state index is -0.439. The molecule has 54 valence electrons. The van der Waals surface area contributed by atoms with E-state index in [1.807, 2.05) is 0 Å². The number of aromatic nitrogens is 2. The van der Waals surface area contributed by atoms with Crippen LogP contribution in [0.2, 0.25) is 0 Å². The number of carbonyl (C=O) groups excluding carboxylic acids is 1. The normalized spacial score (nSPS) is 9.30. The molecule has 0 atom stereocenters. The maximum absolute atomic E-state index is 10.7. The zero-order valence-corrected chi connectivity index (χ0v) is 5.42. The van der Waals surface area contributed by atoms with Crippen LogP contribution in [0.3, 0.4) is 0 Å². The molecule has 5 heteroatoms. The average molecular weight is 141 g/mol. The molecule has 1 heterocycles. The van der Waals surface area contributed by atoms with Crippen LogP contribution in [0, 0.1) is 0 Å². The Morgan fingerprint density at radius 2 is 2.50 bits per heavy atom. The number of rotatable bonds is 0. The van der Waals surface area contributed by atoms with Crippen LogP contribution in [0.15, 0.2) is 17.2 Å². The van der Waals surface area contributed by atoms with E-state index in [0.29, 0.717) is 0 Å². The summed E-state index contributed by atoms with van der Waals surface area (Å²) in [7, 11) is 1.46. The number of H-pyrrole nitrogens is 1. The molecule has 0 unspecified atom stereocenters. The van der Waals surface area contributed by atoms with E-state index in [2.05, 4.69) is 10.3 Å². The average Bonchev–Trinajstić information content (AvgIpc) is 2.34. The summed E-state index contributed by atoms with van der Waals surface area (Å²) in [5.74, 6) is 0. The van der Waals surface area contributed by atoms with Crippen LogP contribution in [0.25, 0.3) is 0 Å². The molecule has 0 aliphatic heterocycles. The second-order valence-electron chi connectivity index (χ2n) is 1.69. The summed E-state index contributed by atoms with van der Waals surface area (Å²) in [4.78, 5) is 23.7. The highest BCUT2D eigenvalue weighted by molar-refractivity contribution is 5.75. The van der Waals surface area contributed by atoms with Crippen molar-refractivity contribution >= 4 is 6.03 Å². The van der Waals surface area contributed by atoms with Crippen molar-refractivity contribution in [1.82, 2.24) is 14.9 Å². The lowest BCUT2D eigenvalue weighted by molar-refractivity contribution is 0.243. The molecule has 0 fully saturated rings. The molecule has 0 bridgehead atoms. The van der Waals surface area contributed by atoms with Crippen LogP contribution in [-0.2, 0) is 0 Å². The highest BCUT2D eigenvalue weighted by Crippen LogP contribution is 1.75. The Morgan fingerprint density at radius 1 is 1.80 bits per heavy atom. The van der Waals surface area contributed by atoms with Crippen LogP contribution in [0.4, 0.5) is 4.79 Å². The van der Waals surface area contributed by atoms with Gasteiger partial charge < -0.3 is 10.3 Å². The standard InChI is InChI=1S/C5H7N3O2/c1-6-4(9)8-3-2-7-5(8)10/h2-3H,1H3,(H,6,9)(H,7,10). The Bertz CT molecular complexity index is 285. The highest BCUT2D eigenvalue weighted by atomic mass is 16.2. The fourth-order valence-corrected chi connectivity index (χ4v) is 0.601. The lowest BCUT2D eigenvalue weighted by Crippen LogP contribution is -2.31. The van der Waals surface area contributed by atoms with Crippen molar-refractivity contribution in [2.24, 2.45) is 0 Å². The van der Waals surface area contributed by atoms with Crippen molar-refractivity contribution in [3.63, 3.8) is 0 Å². The van der Waals surface area contributed by atoms with Gasteiger partial charge in [-0.3, -0.25) is 0 Å². The third-order valence-electron chi connectivity index (χ3n) is 1.08. The van der Waals surface area contributed by atoms with Gasteiger partial charge in [0.2, 0.25) is 0 Å². The summed E-state index contributed by atoms with van der Waals surface area (Å²) in [5, 5.41) is 2.31. The number of hydrogen-bond donors (Lipinski definition) is 2. The van der Waals surface area contributed by atoms with Crippen molar-refractivity contribution in [3.8, 4) is 0 Å². The molecule has 0 aromatic carbocycles. The number of carbonyl (C=O) groups is 1. The minimum Gasteiger partial charge on any atom is -0.340 e. The zero-order chi connectivity index (χ0) is 7.56. The molecule has 0 spiro atoms. The van der Waals surface area contributed by atoms with Crippen LogP contribution in [0.1, 0.15) is 0 Å². The summed E-state index contributed by atoms with van der Waals surface area (Å²) < 4.78 is 0.944. The summed E-state index contributed by atoms with van der Waals surface area (Å²) in [6, 6.07) is -0.439. The molecule has 0 aliphatic rings. The van der Waals surface area contributed by atoms with Gasteiger partial charge in [-0.2, -0.15) is 0 Å². The minimum absolute atomic E-state index is 0.431. The van der Waals surface area contributed by atoms with Gasteiger partial charge in [0.25, 0.3) is 0 Å². The summed E-state index contributed by atoms with van der Waals surface area (Å²) >= 11 is 0. The van der Waals surface area contributed by atoms with Gasteiger partial charge in [0, 0.05) is 19.4 Å². The molecule has 10 heavy (non-hydrogen) atoms. The SMILES string of the molecule is CNC(=O)n1cc[nH]c1=O. The van der Waals surface area contributed by atoms with Gasteiger partial charge in [0.05, 0.1) is 0 Å². The van der Waals surface area contributed by atoms with Gasteiger partial charge in [-0.1, -0.05) is 0 Å². The summed E-state index contributed by atoms with van der Waals surface area (Å²) in [6.07, 6.45) is 2.76. The van der Waals surface area contributed by atoms with E-state index < -0.39 is 11.7 Å². The van der Waals surface area contributed by atoms with Crippen LogP contribution in [0.5, 0.6) is 0 Å². The molecule has 0 radical (unpaired) electrons. The quantitative estimate of drug-likeness (QED) is 0.504. The first-order valence-electron chi connectivity index (χ1n) is 2.74. The molecule has 1 aromatic heterocycles. The van der Waals surface area contributed by atoms with Crippen molar-refractivity contribution < 1.29 is 4.79 Å². The second-order valence-corrected chi connectivity index (χ2v) is 1.69. The zero-order valence-electron chi connectivity index (χ0n) is 5.42. The van der Waals surface area contributed by atoms with Gasteiger partial charge in [-0.15, -0.1) is 0 Å². The lowest BCUT2D eigenvalue weighted by Gasteiger charge is -1.94. The van der Waals surface area contributed by atoms with E-state index >= 15 is 0 Å². The summed E-state index contributed by atoms with van der Waals surface area (Å²) in [5.41, 5.74) is -0.431. The third kappa shape index (κ3) is 0.928.